The summed E-state index contributed by atoms with van der Waals surface area (Å²) in [5.41, 5.74) is 9.70. The number of carbonyl (C=O) groups is 1. The Balaban J connectivity index is 2.34. The summed E-state index contributed by atoms with van der Waals surface area (Å²) >= 11 is 6.23. The van der Waals surface area contributed by atoms with Gasteiger partial charge in [0.15, 0.2) is 0 Å². The van der Waals surface area contributed by atoms with Gasteiger partial charge in [-0.15, -0.1) is 0 Å². The summed E-state index contributed by atoms with van der Waals surface area (Å²) in [6.07, 6.45) is 1.92. The third kappa shape index (κ3) is 4.82. The lowest BCUT2D eigenvalue weighted by atomic mass is 10.0. The maximum Gasteiger partial charge on any atom is 0.333 e. The highest BCUT2D eigenvalue weighted by Gasteiger charge is 2.09. The molecule has 0 fully saturated rings. The molecule has 0 aliphatic carbocycles. The van der Waals surface area contributed by atoms with E-state index in [2.05, 4.69) is 6.58 Å². The number of esters is 1. The van der Waals surface area contributed by atoms with E-state index in [0.717, 1.165) is 22.3 Å². The van der Waals surface area contributed by atoms with Gasteiger partial charge in [-0.25, -0.2) is 4.79 Å². The molecule has 0 aliphatic heterocycles. The molecule has 2 aromatic rings. The number of ether oxygens (including phenoxy) is 1. The quantitative estimate of drug-likeness (QED) is 0.479. The van der Waals surface area contributed by atoms with Crippen molar-refractivity contribution in [1.82, 2.24) is 0 Å². The molecule has 0 unspecified atom stereocenters. The van der Waals surface area contributed by atoms with Crippen molar-refractivity contribution in [3.05, 3.63) is 82.4 Å². The standard InChI is InChI=1S/C20H20ClNO2/c1-14(2)20(23)24-13-18(11-17-5-3-4-6-19(17)21)16-9-7-15(12-22)8-10-16/h3-11H,1,12-13,22H2,2H3. The zero-order valence-corrected chi connectivity index (χ0v) is 14.3. The summed E-state index contributed by atoms with van der Waals surface area (Å²) in [6.45, 7) is 5.84. The maximum atomic E-state index is 11.7. The molecule has 0 radical (unpaired) electrons. The fourth-order valence-corrected chi connectivity index (χ4v) is 2.30. The number of halogens is 1. The minimum atomic E-state index is -0.418. The Morgan fingerprint density at radius 1 is 1.21 bits per heavy atom. The minimum absolute atomic E-state index is 0.138. The van der Waals surface area contributed by atoms with Gasteiger partial charge >= 0.3 is 5.97 Å². The maximum absolute atomic E-state index is 11.7. The van der Waals surface area contributed by atoms with Gasteiger partial charge in [-0.3, -0.25) is 0 Å². The highest BCUT2D eigenvalue weighted by Crippen LogP contribution is 2.24. The van der Waals surface area contributed by atoms with Crippen LogP contribution in [0.3, 0.4) is 0 Å². The SMILES string of the molecule is C=C(C)C(=O)OCC(=Cc1ccccc1Cl)c1ccc(CN)cc1. The zero-order valence-electron chi connectivity index (χ0n) is 13.6. The number of nitrogens with two attached hydrogens (primary N) is 1. The Labute approximate surface area is 147 Å². The van der Waals surface area contributed by atoms with E-state index in [-0.39, 0.29) is 6.61 Å². The summed E-state index contributed by atoms with van der Waals surface area (Å²) in [4.78, 5) is 11.7. The van der Waals surface area contributed by atoms with E-state index < -0.39 is 5.97 Å². The van der Waals surface area contributed by atoms with Crippen LogP contribution in [0.25, 0.3) is 11.6 Å². The number of hydrogen-bond acceptors (Lipinski definition) is 3. The highest BCUT2D eigenvalue weighted by molar-refractivity contribution is 6.32. The van der Waals surface area contributed by atoms with E-state index in [9.17, 15) is 4.79 Å². The summed E-state index contributed by atoms with van der Waals surface area (Å²) in [5.74, 6) is -0.418. The fraction of sp³-hybridized carbons (Fsp3) is 0.150. The Kier molecular flexibility index (Phi) is 6.36. The molecule has 24 heavy (non-hydrogen) atoms. The third-order valence-electron chi connectivity index (χ3n) is 3.50. The Morgan fingerprint density at radius 3 is 2.46 bits per heavy atom. The first-order valence-corrected chi connectivity index (χ1v) is 7.96. The average molecular weight is 342 g/mol. The van der Waals surface area contributed by atoms with Crippen molar-refractivity contribution >= 4 is 29.2 Å². The number of carbonyl (C=O) groups excluding carboxylic acids is 1. The first-order valence-electron chi connectivity index (χ1n) is 7.58. The van der Waals surface area contributed by atoms with Crippen LogP contribution >= 0.6 is 11.6 Å². The lowest BCUT2D eigenvalue weighted by molar-refractivity contribution is -0.137. The first-order chi connectivity index (χ1) is 11.5. The van der Waals surface area contributed by atoms with Crippen molar-refractivity contribution in [1.29, 1.82) is 0 Å². The average Bonchev–Trinajstić information content (AvgIpc) is 2.60. The topological polar surface area (TPSA) is 52.3 Å². The fourth-order valence-electron chi connectivity index (χ4n) is 2.11. The first kappa shape index (κ1) is 18.0. The smallest absolute Gasteiger partial charge is 0.333 e. The number of benzene rings is 2. The summed E-state index contributed by atoms with van der Waals surface area (Å²) in [5, 5.41) is 0.639. The van der Waals surface area contributed by atoms with Gasteiger partial charge in [0.2, 0.25) is 0 Å². The third-order valence-corrected chi connectivity index (χ3v) is 3.85. The monoisotopic (exact) mass is 341 g/mol. The van der Waals surface area contributed by atoms with Crippen LogP contribution < -0.4 is 5.73 Å². The minimum Gasteiger partial charge on any atom is -0.457 e. The van der Waals surface area contributed by atoms with Crippen LogP contribution in [0.2, 0.25) is 5.02 Å². The molecule has 3 nitrogen and oxygen atoms in total. The van der Waals surface area contributed by atoms with Crippen molar-refractivity contribution < 1.29 is 9.53 Å². The molecule has 0 atom stereocenters. The van der Waals surface area contributed by atoms with Gasteiger partial charge in [-0.1, -0.05) is 60.6 Å². The number of hydrogen-bond donors (Lipinski definition) is 1. The molecule has 0 heterocycles. The van der Waals surface area contributed by atoms with Crippen LogP contribution in [0.15, 0.2) is 60.7 Å². The molecule has 2 aromatic carbocycles. The lowest BCUT2D eigenvalue weighted by Crippen LogP contribution is -2.08. The normalized spacial score (nSPS) is 11.2. The Hall–Kier alpha value is -2.36. The van der Waals surface area contributed by atoms with Crippen LogP contribution in [0.5, 0.6) is 0 Å². The van der Waals surface area contributed by atoms with Gasteiger partial charge < -0.3 is 10.5 Å². The van der Waals surface area contributed by atoms with Crippen LogP contribution in [0, 0.1) is 0 Å². The largest absolute Gasteiger partial charge is 0.457 e. The van der Waals surface area contributed by atoms with Crippen molar-refractivity contribution in [2.75, 3.05) is 6.61 Å². The second-order valence-electron chi connectivity index (χ2n) is 5.45. The van der Waals surface area contributed by atoms with Crippen molar-refractivity contribution in [3.8, 4) is 0 Å². The molecule has 4 heteroatoms. The van der Waals surface area contributed by atoms with Crippen molar-refractivity contribution in [3.63, 3.8) is 0 Å². The summed E-state index contributed by atoms with van der Waals surface area (Å²) in [6, 6.07) is 15.3. The van der Waals surface area contributed by atoms with Crippen molar-refractivity contribution in [2.45, 2.75) is 13.5 Å². The van der Waals surface area contributed by atoms with E-state index >= 15 is 0 Å². The van der Waals surface area contributed by atoms with E-state index in [1.54, 1.807) is 6.92 Å². The zero-order chi connectivity index (χ0) is 17.5. The second-order valence-corrected chi connectivity index (χ2v) is 5.86. The van der Waals surface area contributed by atoms with E-state index in [0.29, 0.717) is 17.1 Å². The molecular weight excluding hydrogens is 322 g/mol. The van der Waals surface area contributed by atoms with Crippen LogP contribution in [0.4, 0.5) is 0 Å². The van der Waals surface area contributed by atoms with E-state index in [1.165, 1.54) is 0 Å². The molecule has 0 amide bonds. The molecule has 0 bridgehead atoms. The molecule has 0 aliphatic rings. The van der Waals surface area contributed by atoms with Crippen LogP contribution in [-0.4, -0.2) is 12.6 Å². The molecule has 124 valence electrons. The molecular formula is C20H20ClNO2. The lowest BCUT2D eigenvalue weighted by Gasteiger charge is -2.11. The van der Waals surface area contributed by atoms with Gasteiger partial charge in [0.05, 0.1) is 0 Å². The Morgan fingerprint density at radius 2 is 1.88 bits per heavy atom. The van der Waals surface area contributed by atoms with Gasteiger partial charge in [0, 0.05) is 17.1 Å². The number of rotatable bonds is 6. The second kappa shape index (κ2) is 8.48. The van der Waals surface area contributed by atoms with E-state index in [4.69, 9.17) is 22.1 Å². The molecule has 0 saturated heterocycles. The Bertz CT molecular complexity index is 763. The van der Waals surface area contributed by atoms with Crippen LogP contribution in [-0.2, 0) is 16.1 Å². The van der Waals surface area contributed by atoms with Crippen molar-refractivity contribution in [2.24, 2.45) is 5.73 Å². The summed E-state index contributed by atoms with van der Waals surface area (Å²) in [7, 11) is 0. The van der Waals surface area contributed by atoms with Gasteiger partial charge in [0.25, 0.3) is 0 Å². The van der Waals surface area contributed by atoms with E-state index in [1.807, 2.05) is 54.6 Å². The predicted octanol–water partition coefficient (Wildman–Crippen LogP) is 4.46. The van der Waals surface area contributed by atoms with Gasteiger partial charge in [0.1, 0.15) is 6.61 Å². The van der Waals surface area contributed by atoms with Gasteiger partial charge in [-0.05, 0) is 41.3 Å². The summed E-state index contributed by atoms with van der Waals surface area (Å²) < 4.78 is 5.31. The van der Waals surface area contributed by atoms with Gasteiger partial charge in [-0.2, -0.15) is 0 Å². The molecule has 0 saturated carbocycles. The predicted molar refractivity (Wildman–Crippen MR) is 99.4 cm³/mol. The molecule has 2 N–H and O–H groups in total. The van der Waals surface area contributed by atoms with Crippen LogP contribution in [0.1, 0.15) is 23.6 Å². The molecule has 0 spiro atoms. The molecule has 0 aromatic heterocycles. The highest BCUT2D eigenvalue weighted by atomic mass is 35.5. The molecule has 2 rings (SSSR count).